The minimum atomic E-state index is -0.279. The van der Waals surface area contributed by atoms with Crippen molar-refractivity contribution >= 4 is 34.0 Å². The van der Waals surface area contributed by atoms with E-state index in [1.54, 1.807) is 0 Å². The van der Waals surface area contributed by atoms with Crippen molar-refractivity contribution in [2.24, 2.45) is 0 Å². The lowest BCUT2D eigenvalue weighted by Crippen LogP contribution is -2.61. The molecule has 2 aliphatic rings. The number of nitrogens with one attached hydrogen (secondary N) is 2. The summed E-state index contributed by atoms with van der Waals surface area (Å²) < 4.78 is 3.75. The van der Waals surface area contributed by atoms with Gasteiger partial charge in [0.15, 0.2) is 17.2 Å². The second-order valence-electron chi connectivity index (χ2n) is 10.7. The molecule has 12 nitrogen and oxygen atoms in total. The molecule has 0 radical (unpaired) electrons. The van der Waals surface area contributed by atoms with E-state index in [-0.39, 0.29) is 6.10 Å². The SMILES string of the molecule is CCNc1nc(Nc2ccc3c(c2)c(C#N)cn3C2CCN(C3CN(CC(C)O)C3)CC2)nn2c(C#N)cnc12. The number of β-amino-alcohol motifs (C(OH)–C–C–N with tert-alkyl or cyclic N) is 1. The molecule has 3 aromatic heterocycles. The number of aliphatic hydroxyl groups excluding tert-OH is 1. The van der Waals surface area contributed by atoms with Gasteiger partial charge in [0, 0.05) is 74.1 Å². The molecular weight excluding hydrogens is 506 g/mol. The highest BCUT2D eigenvalue weighted by molar-refractivity contribution is 5.90. The van der Waals surface area contributed by atoms with E-state index < -0.39 is 0 Å². The highest BCUT2D eigenvalue weighted by Crippen LogP contribution is 2.33. The van der Waals surface area contributed by atoms with Gasteiger partial charge in [0.1, 0.15) is 12.1 Å². The maximum absolute atomic E-state index is 9.93. The fraction of sp³-hybridized carbons (Fsp3) is 0.464. The summed E-state index contributed by atoms with van der Waals surface area (Å²) in [5.41, 5.74) is 3.24. The predicted molar refractivity (Wildman–Crippen MR) is 151 cm³/mol. The zero-order chi connectivity index (χ0) is 27.8. The molecule has 206 valence electrons. The number of aliphatic hydroxyl groups is 1. The minimum absolute atomic E-state index is 0.279. The van der Waals surface area contributed by atoms with Gasteiger partial charge in [-0.2, -0.15) is 20.0 Å². The molecule has 40 heavy (non-hydrogen) atoms. The Balaban J connectivity index is 1.20. The number of imidazole rings is 1. The van der Waals surface area contributed by atoms with E-state index in [0.29, 0.717) is 47.3 Å². The number of nitriles is 2. The molecule has 4 aromatic rings. The second-order valence-corrected chi connectivity index (χ2v) is 10.7. The van der Waals surface area contributed by atoms with E-state index in [9.17, 15) is 15.6 Å². The second kappa shape index (κ2) is 10.7. The Bertz CT molecular complexity index is 1610. The van der Waals surface area contributed by atoms with Gasteiger partial charge in [0.25, 0.3) is 0 Å². The normalized spacial score (nSPS) is 17.9. The van der Waals surface area contributed by atoms with Gasteiger partial charge in [-0.3, -0.25) is 9.80 Å². The van der Waals surface area contributed by atoms with Crippen molar-refractivity contribution in [3.63, 3.8) is 0 Å². The van der Waals surface area contributed by atoms with Gasteiger partial charge in [-0.05, 0) is 44.9 Å². The smallest absolute Gasteiger partial charge is 0.247 e. The van der Waals surface area contributed by atoms with Crippen LogP contribution in [0.25, 0.3) is 16.6 Å². The zero-order valence-corrected chi connectivity index (χ0v) is 22.7. The first-order chi connectivity index (χ1) is 19.5. The van der Waals surface area contributed by atoms with E-state index in [1.807, 2.05) is 38.2 Å². The van der Waals surface area contributed by atoms with Crippen LogP contribution in [0.4, 0.5) is 17.5 Å². The van der Waals surface area contributed by atoms with Crippen molar-refractivity contribution in [1.82, 2.24) is 33.9 Å². The maximum Gasteiger partial charge on any atom is 0.247 e. The fourth-order valence-electron chi connectivity index (χ4n) is 5.98. The van der Waals surface area contributed by atoms with Crippen LogP contribution in [0, 0.1) is 22.7 Å². The lowest BCUT2D eigenvalue weighted by atomic mass is 9.99. The average Bonchev–Trinajstić information content (AvgIpc) is 3.52. The number of piperidine rings is 1. The standard InChI is InChI=1S/C28H33N11O/c1-3-31-26-27-32-13-22(12-30)39(27)35-28(34-26)33-20-4-5-25-24(10-20)19(11-29)15-38(25)21-6-8-37(9-7-21)23-16-36(17-23)14-18(2)40/h4-5,10,13,15,18,21,23,40H,3,6-9,14,16-17H2,1-2H3,(H2,31,33,34,35). The van der Waals surface area contributed by atoms with Crippen molar-refractivity contribution in [2.45, 2.75) is 44.9 Å². The van der Waals surface area contributed by atoms with Crippen LogP contribution >= 0.6 is 0 Å². The predicted octanol–water partition coefficient (Wildman–Crippen LogP) is 2.70. The number of hydrogen-bond acceptors (Lipinski definition) is 10. The van der Waals surface area contributed by atoms with Crippen LogP contribution in [0.1, 0.15) is 44.0 Å². The third-order valence-corrected chi connectivity index (χ3v) is 7.90. The molecule has 1 aromatic carbocycles. The summed E-state index contributed by atoms with van der Waals surface area (Å²) in [6.07, 6.45) is 5.26. The third-order valence-electron chi connectivity index (χ3n) is 7.90. The van der Waals surface area contributed by atoms with Crippen LogP contribution in [0.3, 0.4) is 0 Å². The first-order valence-corrected chi connectivity index (χ1v) is 13.8. The molecular formula is C28H33N11O. The van der Waals surface area contributed by atoms with Gasteiger partial charge in [-0.15, -0.1) is 5.10 Å². The molecule has 1 unspecified atom stereocenters. The Hall–Kier alpha value is -4.23. The Labute approximate surface area is 232 Å². The van der Waals surface area contributed by atoms with Crippen LogP contribution in [-0.2, 0) is 0 Å². The molecule has 0 bridgehead atoms. The summed E-state index contributed by atoms with van der Waals surface area (Å²) in [6, 6.07) is 11.4. The number of hydrogen-bond donors (Lipinski definition) is 3. The van der Waals surface area contributed by atoms with E-state index in [2.05, 4.69) is 52.2 Å². The van der Waals surface area contributed by atoms with Gasteiger partial charge in [0.2, 0.25) is 5.95 Å². The van der Waals surface area contributed by atoms with Gasteiger partial charge in [-0.25, -0.2) is 4.98 Å². The van der Waals surface area contributed by atoms with E-state index >= 15 is 0 Å². The number of rotatable bonds is 8. The van der Waals surface area contributed by atoms with Crippen LogP contribution < -0.4 is 10.6 Å². The summed E-state index contributed by atoms with van der Waals surface area (Å²) in [5.74, 6) is 0.862. The zero-order valence-electron chi connectivity index (χ0n) is 22.7. The van der Waals surface area contributed by atoms with Crippen molar-refractivity contribution in [3.05, 3.63) is 41.9 Å². The lowest BCUT2D eigenvalue weighted by molar-refractivity contribution is -0.00462. The average molecular weight is 540 g/mol. The minimum Gasteiger partial charge on any atom is -0.392 e. The number of nitrogens with zero attached hydrogens (tertiary/aromatic N) is 9. The van der Waals surface area contributed by atoms with Gasteiger partial charge < -0.3 is 20.3 Å². The molecule has 3 N–H and O–H groups in total. The monoisotopic (exact) mass is 539 g/mol. The Morgan fingerprint density at radius 1 is 1.15 bits per heavy atom. The largest absolute Gasteiger partial charge is 0.392 e. The lowest BCUT2D eigenvalue weighted by Gasteiger charge is -2.48. The van der Waals surface area contributed by atoms with E-state index in [4.69, 9.17) is 0 Å². The molecule has 0 aliphatic carbocycles. The van der Waals surface area contributed by atoms with Crippen molar-refractivity contribution in [3.8, 4) is 12.1 Å². The summed E-state index contributed by atoms with van der Waals surface area (Å²) in [6.45, 7) is 9.33. The van der Waals surface area contributed by atoms with Crippen molar-refractivity contribution < 1.29 is 5.11 Å². The molecule has 2 aliphatic heterocycles. The Morgan fingerprint density at radius 2 is 1.95 bits per heavy atom. The third kappa shape index (κ3) is 4.82. The molecule has 0 spiro atoms. The molecule has 0 amide bonds. The maximum atomic E-state index is 9.93. The molecule has 1 atom stereocenters. The molecule has 2 saturated heterocycles. The number of anilines is 3. The highest BCUT2D eigenvalue weighted by atomic mass is 16.3. The summed E-state index contributed by atoms with van der Waals surface area (Å²) in [7, 11) is 0. The summed E-state index contributed by atoms with van der Waals surface area (Å²) in [4.78, 5) is 13.7. The van der Waals surface area contributed by atoms with Crippen molar-refractivity contribution in [1.29, 1.82) is 10.5 Å². The molecule has 2 fully saturated rings. The van der Waals surface area contributed by atoms with E-state index in [0.717, 1.165) is 62.2 Å². The first-order valence-electron chi connectivity index (χ1n) is 13.8. The number of benzene rings is 1. The van der Waals surface area contributed by atoms with Crippen LogP contribution in [0.15, 0.2) is 30.6 Å². The molecule has 5 heterocycles. The van der Waals surface area contributed by atoms with Crippen LogP contribution in [0.2, 0.25) is 0 Å². The topological polar surface area (TPSA) is 146 Å². The van der Waals surface area contributed by atoms with Gasteiger partial charge >= 0.3 is 0 Å². The van der Waals surface area contributed by atoms with Gasteiger partial charge in [-0.1, -0.05) is 0 Å². The Morgan fingerprint density at radius 3 is 2.65 bits per heavy atom. The Kier molecular flexibility index (Phi) is 6.98. The van der Waals surface area contributed by atoms with Crippen LogP contribution in [-0.4, -0.2) is 90.5 Å². The summed E-state index contributed by atoms with van der Waals surface area (Å²) in [5, 5.41) is 40.8. The van der Waals surface area contributed by atoms with Crippen molar-refractivity contribution in [2.75, 3.05) is 49.9 Å². The number of aromatic nitrogens is 5. The highest BCUT2D eigenvalue weighted by Gasteiger charge is 2.34. The molecule has 0 saturated carbocycles. The quantitative estimate of drug-likeness (QED) is 0.305. The number of likely N-dealkylation sites (tertiary alicyclic amines) is 2. The number of fused-ring (bicyclic) bond motifs is 2. The molecule has 6 rings (SSSR count). The fourth-order valence-corrected chi connectivity index (χ4v) is 5.98. The first kappa shape index (κ1) is 26.0. The summed E-state index contributed by atoms with van der Waals surface area (Å²) >= 11 is 0. The van der Waals surface area contributed by atoms with E-state index in [1.165, 1.54) is 10.7 Å². The van der Waals surface area contributed by atoms with Gasteiger partial charge in [0.05, 0.1) is 17.9 Å². The van der Waals surface area contributed by atoms with Crippen LogP contribution in [0.5, 0.6) is 0 Å². The molecule has 12 heteroatoms.